The predicted octanol–water partition coefficient (Wildman–Crippen LogP) is 1.59. The predicted molar refractivity (Wildman–Crippen MR) is 51.9 cm³/mol. The number of hydrogen-bond acceptors (Lipinski definition) is 6. The van der Waals surface area contributed by atoms with Gasteiger partial charge in [0.1, 0.15) is 11.6 Å². The zero-order chi connectivity index (χ0) is 13.9. The normalized spacial score (nSPS) is 9.94. The highest BCUT2D eigenvalue weighted by atomic mass is 19.3. The van der Waals surface area contributed by atoms with Crippen LogP contribution in [-0.4, -0.2) is 23.0 Å². The molecule has 18 heavy (non-hydrogen) atoms. The highest BCUT2D eigenvalue weighted by Crippen LogP contribution is 2.28. The van der Waals surface area contributed by atoms with Crippen LogP contribution < -0.4 is 0 Å². The molecule has 1 rings (SSSR count). The lowest BCUT2D eigenvalue weighted by molar-refractivity contribution is -0.389. The van der Waals surface area contributed by atoms with Gasteiger partial charge >= 0.3 is 11.8 Å². The second-order valence-corrected chi connectivity index (χ2v) is 2.95. The van der Waals surface area contributed by atoms with E-state index >= 15 is 0 Å². The Kier molecular flexibility index (Phi) is 3.83. The number of nitro groups is 1. The molecule has 0 aliphatic carbocycles. The maximum atomic E-state index is 12.7. The van der Waals surface area contributed by atoms with Crippen LogP contribution in [0.3, 0.4) is 0 Å². The Hall–Kier alpha value is -2.63. The van der Waals surface area contributed by atoms with Gasteiger partial charge in [-0.15, -0.1) is 0 Å². The summed E-state index contributed by atoms with van der Waals surface area (Å²) in [6.45, 7) is 0. The third kappa shape index (κ3) is 2.37. The quantitative estimate of drug-likeness (QED) is 0.462. The molecule has 7 nitrogen and oxygen atoms in total. The summed E-state index contributed by atoms with van der Waals surface area (Å²) in [4.78, 5) is 23.9. The number of halogens is 2. The van der Waals surface area contributed by atoms with E-state index in [0.29, 0.717) is 6.07 Å². The van der Waals surface area contributed by atoms with Crippen LogP contribution >= 0.6 is 0 Å². The second kappa shape index (κ2) is 5.13. The van der Waals surface area contributed by atoms with Crippen LogP contribution in [0.15, 0.2) is 6.07 Å². The van der Waals surface area contributed by atoms with Crippen molar-refractivity contribution in [3.8, 4) is 6.07 Å². The average molecular weight is 257 g/mol. The van der Waals surface area contributed by atoms with Crippen LogP contribution in [-0.2, 0) is 4.74 Å². The van der Waals surface area contributed by atoms with Crippen molar-refractivity contribution in [2.45, 2.75) is 6.43 Å². The number of alkyl halides is 2. The Balaban J connectivity index is 3.63. The lowest BCUT2D eigenvalue weighted by Gasteiger charge is -2.06. The first-order valence-electron chi connectivity index (χ1n) is 4.38. The number of carbonyl (C=O) groups excluding carboxylic acids is 1. The van der Waals surface area contributed by atoms with Crippen LogP contribution in [0.2, 0.25) is 0 Å². The van der Waals surface area contributed by atoms with E-state index in [1.165, 1.54) is 6.07 Å². The lowest BCUT2D eigenvalue weighted by atomic mass is 10.1. The van der Waals surface area contributed by atoms with E-state index in [0.717, 1.165) is 7.11 Å². The smallest absolute Gasteiger partial charge is 0.365 e. The fourth-order valence-electron chi connectivity index (χ4n) is 1.21. The van der Waals surface area contributed by atoms with E-state index in [-0.39, 0.29) is 0 Å². The summed E-state index contributed by atoms with van der Waals surface area (Å²) in [6.07, 6.45) is -3.17. The highest BCUT2D eigenvalue weighted by Gasteiger charge is 2.30. The van der Waals surface area contributed by atoms with E-state index in [1.807, 2.05) is 0 Å². The summed E-state index contributed by atoms with van der Waals surface area (Å²) in [7, 11) is 0.931. The minimum atomic E-state index is -3.17. The SMILES string of the molecule is COC(=O)c1c(C(F)F)cc([N+](=O)[O-])nc1C#N. The number of methoxy groups -OCH3 is 1. The van der Waals surface area contributed by atoms with Gasteiger partial charge < -0.3 is 14.9 Å². The molecule has 0 N–H and O–H groups in total. The molecule has 1 heterocycles. The van der Waals surface area contributed by atoms with Gasteiger partial charge in [0.05, 0.1) is 7.11 Å². The minimum absolute atomic E-state index is 0.442. The number of esters is 1. The molecule has 0 aliphatic rings. The molecule has 0 unspecified atom stereocenters. The van der Waals surface area contributed by atoms with Crippen molar-refractivity contribution in [1.82, 2.24) is 4.98 Å². The summed E-state index contributed by atoms with van der Waals surface area (Å²) in [5, 5.41) is 19.2. The number of hydrogen-bond donors (Lipinski definition) is 0. The first kappa shape index (κ1) is 13.4. The first-order chi connectivity index (χ1) is 8.42. The van der Waals surface area contributed by atoms with Crippen molar-refractivity contribution in [1.29, 1.82) is 5.26 Å². The molecule has 0 bridgehead atoms. The number of nitrogens with zero attached hydrogens (tertiary/aromatic N) is 3. The van der Waals surface area contributed by atoms with Crippen LogP contribution in [0.25, 0.3) is 0 Å². The number of nitriles is 1. The maximum Gasteiger partial charge on any atom is 0.365 e. The molecular weight excluding hydrogens is 252 g/mol. The molecule has 0 aromatic carbocycles. The van der Waals surface area contributed by atoms with Gasteiger partial charge in [-0.2, -0.15) is 5.26 Å². The third-order valence-electron chi connectivity index (χ3n) is 1.95. The summed E-state index contributed by atoms with van der Waals surface area (Å²) in [5.41, 5.74) is -2.49. The van der Waals surface area contributed by atoms with E-state index < -0.39 is 40.0 Å². The topological polar surface area (TPSA) is 106 Å². The summed E-state index contributed by atoms with van der Waals surface area (Å²) >= 11 is 0. The van der Waals surface area contributed by atoms with Gasteiger partial charge in [-0.1, -0.05) is 0 Å². The molecule has 1 aromatic rings. The van der Waals surface area contributed by atoms with Gasteiger partial charge in [0, 0.05) is 11.6 Å². The van der Waals surface area contributed by atoms with Gasteiger partial charge in [-0.3, -0.25) is 0 Å². The molecule has 1 aromatic heterocycles. The summed E-state index contributed by atoms with van der Waals surface area (Å²) in [5.74, 6) is -2.14. The Labute approximate surface area is 98.8 Å². The van der Waals surface area contributed by atoms with Crippen LogP contribution in [0.5, 0.6) is 0 Å². The van der Waals surface area contributed by atoms with Crippen molar-refractivity contribution in [2.75, 3.05) is 7.11 Å². The minimum Gasteiger partial charge on any atom is -0.465 e. The Morgan fingerprint density at radius 3 is 2.67 bits per heavy atom. The number of rotatable bonds is 3. The van der Waals surface area contributed by atoms with Crippen molar-refractivity contribution < 1.29 is 23.2 Å². The summed E-state index contributed by atoms with van der Waals surface area (Å²) < 4.78 is 29.7. The zero-order valence-corrected chi connectivity index (χ0v) is 8.89. The van der Waals surface area contributed by atoms with Crippen LogP contribution in [0, 0.1) is 21.4 Å². The lowest BCUT2D eigenvalue weighted by Crippen LogP contribution is -2.12. The van der Waals surface area contributed by atoms with Gasteiger partial charge in [0.2, 0.25) is 0 Å². The molecule has 0 fully saturated rings. The van der Waals surface area contributed by atoms with Crippen molar-refractivity contribution in [3.63, 3.8) is 0 Å². The monoisotopic (exact) mass is 257 g/mol. The first-order valence-corrected chi connectivity index (χ1v) is 4.38. The molecule has 0 radical (unpaired) electrons. The third-order valence-corrected chi connectivity index (χ3v) is 1.95. The summed E-state index contributed by atoms with van der Waals surface area (Å²) in [6, 6.07) is 1.79. The Morgan fingerprint density at radius 2 is 2.28 bits per heavy atom. The van der Waals surface area contributed by atoms with E-state index in [2.05, 4.69) is 9.72 Å². The number of carbonyl (C=O) groups is 1. The van der Waals surface area contributed by atoms with Gasteiger partial charge in [0.15, 0.2) is 0 Å². The number of aromatic nitrogens is 1. The largest absolute Gasteiger partial charge is 0.465 e. The molecule has 0 amide bonds. The molecule has 0 saturated heterocycles. The number of pyridine rings is 1. The molecule has 0 atom stereocenters. The second-order valence-electron chi connectivity index (χ2n) is 2.95. The Morgan fingerprint density at radius 1 is 1.67 bits per heavy atom. The molecule has 0 saturated carbocycles. The molecule has 0 spiro atoms. The van der Waals surface area contributed by atoms with Crippen molar-refractivity contribution in [2.24, 2.45) is 0 Å². The fourth-order valence-corrected chi connectivity index (χ4v) is 1.21. The highest BCUT2D eigenvalue weighted by molar-refractivity contribution is 5.93. The average Bonchev–Trinajstić information content (AvgIpc) is 2.35. The van der Waals surface area contributed by atoms with E-state index in [4.69, 9.17) is 5.26 Å². The molecule has 9 heteroatoms. The Bertz CT molecular complexity index is 553. The van der Waals surface area contributed by atoms with E-state index in [9.17, 15) is 23.7 Å². The standard InChI is InChI=1S/C9H5F2N3O4/c1-18-9(15)7-4(8(10)11)2-6(14(16)17)13-5(7)3-12/h2,8H,1H3. The van der Waals surface area contributed by atoms with Gasteiger partial charge in [0.25, 0.3) is 12.1 Å². The maximum absolute atomic E-state index is 12.7. The van der Waals surface area contributed by atoms with Gasteiger partial charge in [-0.25, -0.2) is 13.6 Å². The van der Waals surface area contributed by atoms with Crippen molar-refractivity contribution in [3.05, 3.63) is 33.0 Å². The molecule has 94 valence electrons. The fraction of sp³-hybridized carbons (Fsp3) is 0.222. The van der Waals surface area contributed by atoms with Crippen LogP contribution in [0.1, 0.15) is 28.0 Å². The van der Waals surface area contributed by atoms with Gasteiger partial charge in [-0.05, 0) is 9.91 Å². The van der Waals surface area contributed by atoms with E-state index in [1.54, 1.807) is 0 Å². The van der Waals surface area contributed by atoms with Crippen molar-refractivity contribution >= 4 is 11.8 Å². The zero-order valence-electron chi connectivity index (χ0n) is 8.89. The number of ether oxygens (including phenoxy) is 1. The van der Waals surface area contributed by atoms with Crippen LogP contribution in [0.4, 0.5) is 14.6 Å². The molecular formula is C9H5F2N3O4. The molecule has 0 aliphatic heterocycles.